The second-order valence-electron chi connectivity index (χ2n) is 2.23. The van der Waals surface area contributed by atoms with E-state index in [0.29, 0.717) is 5.75 Å². The number of ether oxygens (including phenoxy) is 2. The van der Waals surface area contributed by atoms with E-state index in [9.17, 15) is 4.39 Å². The fourth-order valence-corrected chi connectivity index (χ4v) is 0.883. The molecule has 0 aliphatic rings. The maximum absolute atomic E-state index is 12.9. The van der Waals surface area contributed by atoms with Crippen molar-refractivity contribution in [1.82, 2.24) is 0 Å². The van der Waals surface area contributed by atoms with E-state index in [-0.39, 0.29) is 11.4 Å². The number of rotatable bonds is 2. The topological polar surface area (TPSA) is 44.5 Å². The van der Waals surface area contributed by atoms with Gasteiger partial charge in [0.05, 0.1) is 19.9 Å². The molecule has 12 heavy (non-hydrogen) atoms. The third-order valence-electron chi connectivity index (χ3n) is 1.50. The molecular weight excluding hydrogens is 161 g/mol. The minimum Gasteiger partial charge on any atom is -0.494 e. The Hall–Kier alpha value is -1.45. The molecule has 0 unspecified atom stereocenters. The van der Waals surface area contributed by atoms with E-state index in [2.05, 4.69) is 0 Å². The van der Waals surface area contributed by atoms with Crippen LogP contribution in [0.5, 0.6) is 11.5 Å². The molecule has 66 valence electrons. The van der Waals surface area contributed by atoms with Gasteiger partial charge >= 0.3 is 0 Å². The summed E-state index contributed by atoms with van der Waals surface area (Å²) in [6.45, 7) is 0. The number of halogens is 1. The van der Waals surface area contributed by atoms with Crippen LogP contribution < -0.4 is 15.2 Å². The molecule has 0 atom stereocenters. The molecule has 4 heteroatoms. The van der Waals surface area contributed by atoms with Gasteiger partial charge in [0.15, 0.2) is 11.6 Å². The van der Waals surface area contributed by atoms with Crippen LogP contribution in [-0.2, 0) is 0 Å². The first kappa shape index (κ1) is 8.64. The Morgan fingerprint density at radius 1 is 1.17 bits per heavy atom. The normalized spacial score (nSPS) is 9.58. The van der Waals surface area contributed by atoms with Gasteiger partial charge in [0.25, 0.3) is 0 Å². The Bertz CT molecular complexity index is 263. The summed E-state index contributed by atoms with van der Waals surface area (Å²) in [6.07, 6.45) is 0. The van der Waals surface area contributed by atoms with Gasteiger partial charge in [-0.05, 0) is 0 Å². The summed E-state index contributed by atoms with van der Waals surface area (Å²) >= 11 is 0. The van der Waals surface area contributed by atoms with Crippen LogP contribution in [0.3, 0.4) is 0 Å². The third kappa shape index (κ3) is 1.42. The molecule has 1 aromatic carbocycles. The van der Waals surface area contributed by atoms with Crippen molar-refractivity contribution in [3.8, 4) is 11.5 Å². The van der Waals surface area contributed by atoms with Crippen molar-refractivity contribution in [2.75, 3.05) is 20.0 Å². The largest absolute Gasteiger partial charge is 0.494 e. The highest BCUT2D eigenvalue weighted by atomic mass is 19.1. The van der Waals surface area contributed by atoms with Gasteiger partial charge in [0, 0.05) is 12.1 Å². The lowest BCUT2D eigenvalue weighted by Crippen LogP contribution is -1.96. The minimum absolute atomic E-state index is 0.126. The smallest absolute Gasteiger partial charge is 0.167 e. The van der Waals surface area contributed by atoms with Crippen molar-refractivity contribution in [3.05, 3.63) is 17.9 Å². The molecule has 0 saturated heterocycles. The number of benzene rings is 1. The molecule has 0 saturated carbocycles. The van der Waals surface area contributed by atoms with E-state index < -0.39 is 5.82 Å². The van der Waals surface area contributed by atoms with E-state index in [1.807, 2.05) is 0 Å². The summed E-state index contributed by atoms with van der Waals surface area (Å²) in [5, 5.41) is 0. The SMILES string of the molecule is COc1cc(OC)c(F)cc1N. The maximum atomic E-state index is 12.9. The Morgan fingerprint density at radius 3 is 2.25 bits per heavy atom. The molecule has 3 nitrogen and oxygen atoms in total. The van der Waals surface area contributed by atoms with Gasteiger partial charge in [-0.15, -0.1) is 0 Å². The van der Waals surface area contributed by atoms with Crippen molar-refractivity contribution in [2.24, 2.45) is 0 Å². The zero-order chi connectivity index (χ0) is 9.14. The molecule has 0 radical (unpaired) electrons. The quantitative estimate of drug-likeness (QED) is 0.684. The van der Waals surface area contributed by atoms with Gasteiger partial charge in [0.2, 0.25) is 0 Å². The van der Waals surface area contributed by atoms with Gasteiger partial charge < -0.3 is 15.2 Å². The monoisotopic (exact) mass is 171 g/mol. The number of anilines is 1. The Morgan fingerprint density at radius 2 is 1.75 bits per heavy atom. The molecular formula is C8H10FNO2. The summed E-state index contributed by atoms with van der Waals surface area (Å²) in [7, 11) is 2.84. The number of nitrogens with two attached hydrogens (primary N) is 1. The Kier molecular flexibility index (Phi) is 2.38. The zero-order valence-electron chi connectivity index (χ0n) is 6.93. The highest BCUT2D eigenvalue weighted by Crippen LogP contribution is 2.29. The number of hydrogen-bond donors (Lipinski definition) is 1. The summed E-state index contributed by atoms with van der Waals surface area (Å²) in [6, 6.07) is 2.57. The molecule has 0 fully saturated rings. The molecule has 0 amide bonds. The van der Waals surface area contributed by atoms with Crippen LogP contribution in [0.25, 0.3) is 0 Å². The molecule has 0 aliphatic carbocycles. The Labute approximate surface area is 69.9 Å². The van der Waals surface area contributed by atoms with Crippen LogP contribution in [0.15, 0.2) is 12.1 Å². The van der Waals surface area contributed by atoms with Crippen LogP contribution in [0, 0.1) is 5.82 Å². The molecule has 1 rings (SSSR count). The van der Waals surface area contributed by atoms with Gasteiger partial charge in [-0.3, -0.25) is 0 Å². The van der Waals surface area contributed by atoms with Crippen molar-refractivity contribution in [1.29, 1.82) is 0 Å². The predicted molar refractivity (Wildman–Crippen MR) is 43.9 cm³/mol. The van der Waals surface area contributed by atoms with E-state index in [1.165, 1.54) is 20.3 Å². The predicted octanol–water partition coefficient (Wildman–Crippen LogP) is 1.43. The first-order valence-electron chi connectivity index (χ1n) is 3.36. The van der Waals surface area contributed by atoms with Gasteiger partial charge in [-0.2, -0.15) is 0 Å². The third-order valence-corrected chi connectivity index (χ3v) is 1.50. The van der Waals surface area contributed by atoms with Gasteiger partial charge in [-0.25, -0.2) is 4.39 Å². The Balaban J connectivity index is 3.18. The number of nitrogen functional groups attached to an aromatic ring is 1. The van der Waals surface area contributed by atoms with E-state index in [0.717, 1.165) is 6.07 Å². The average Bonchev–Trinajstić information content (AvgIpc) is 2.05. The highest BCUT2D eigenvalue weighted by Gasteiger charge is 2.07. The molecule has 0 bridgehead atoms. The first-order chi connectivity index (χ1) is 5.69. The first-order valence-corrected chi connectivity index (χ1v) is 3.36. The zero-order valence-corrected chi connectivity index (χ0v) is 6.93. The minimum atomic E-state index is -0.490. The lowest BCUT2D eigenvalue weighted by Gasteiger charge is -2.07. The molecule has 1 aromatic rings. The van der Waals surface area contributed by atoms with Gasteiger partial charge in [0.1, 0.15) is 5.75 Å². The number of hydrogen-bond acceptors (Lipinski definition) is 3. The van der Waals surface area contributed by atoms with Crippen molar-refractivity contribution < 1.29 is 13.9 Å². The van der Waals surface area contributed by atoms with Crippen LogP contribution in [-0.4, -0.2) is 14.2 Å². The summed E-state index contributed by atoms with van der Waals surface area (Å²) in [5.41, 5.74) is 5.69. The highest BCUT2D eigenvalue weighted by molar-refractivity contribution is 5.56. The molecule has 0 heterocycles. The second-order valence-corrected chi connectivity index (χ2v) is 2.23. The van der Waals surface area contributed by atoms with Crippen LogP contribution in [0.4, 0.5) is 10.1 Å². The summed E-state index contributed by atoms with van der Waals surface area (Å²) < 4.78 is 22.5. The lowest BCUT2D eigenvalue weighted by molar-refractivity contribution is 0.375. The van der Waals surface area contributed by atoms with Crippen LogP contribution >= 0.6 is 0 Å². The van der Waals surface area contributed by atoms with E-state index >= 15 is 0 Å². The van der Waals surface area contributed by atoms with Crippen molar-refractivity contribution >= 4 is 5.69 Å². The molecule has 2 N–H and O–H groups in total. The molecule has 0 aromatic heterocycles. The average molecular weight is 171 g/mol. The van der Waals surface area contributed by atoms with Crippen molar-refractivity contribution in [2.45, 2.75) is 0 Å². The molecule has 0 spiro atoms. The van der Waals surface area contributed by atoms with Gasteiger partial charge in [-0.1, -0.05) is 0 Å². The standard InChI is InChI=1S/C8H10FNO2/c1-11-7-4-8(12-2)6(10)3-5(7)9/h3-4H,10H2,1-2H3. The van der Waals surface area contributed by atoms with Crippen molar-refractivity contribution in [3.63, 3.8) is 0 Å². The second kappa shape index (κ2) is 3.30. The van der Waals surface area contributed by atoms with E-state index in [1.54, 1.807) is 0 Å². The maximum Gasteiger partial charge on any atom is 0.167 e. The fraction of sp³-hybridized carbons (Fsp3) is 0.250. The summed E-state index contributed by atoms with van der Waals surface area (Å²) in [5.74, 6) is 0.0464. The molecule has 0 aliphatic heterocycles. The fourth-order valence-electron chi connectivity index (χ4n) is 0.883. The van der Waals surface area contributed by atoms with Crippen LogP contribution in [0.1, 0.15) is 0 Å². The van der Waals surface area contributed by atoms with E-state index in [4.69, 9.17) is 15.2 Å². The van der Waals surface area contributed by atoms with Crippen LogP contribution in [0.2, 0.25) is 0 Å². The lowest BCUT2D eigenvalue weighted by atomic mass is 10.2. The number of methoxy groups -OCH3 is 2. The summed E-state index contributed by atoms with van der Waals surface area (Å²) in [4.78, 5) is 0.